The molecule has 0 aliphatic heterocycles. The summed E-state index contributed by atoms with van der Waals surface area (Å²) < 4.78 is 6.11. The van der Waals surface area contributed by atoms with Crippen LogP contribution in [0, 0.1) is 46.3 Å². The molecule has 3 nitrogen and oxygen atoms in total. The third-order valence-corrected chi connectivity index (χ3v) is 14.0. The molecular formula is C45H76O3. The molecule has 0 aromatic heterocycles. The van der Waals surface area contributed by atoms with Crippen LogP contribution in [0.15, 0.2) is 36.0 Å². The lowest BCUT2D eigenvalue weighted by Gasteiger charge is -2.58. The lowest BCUT2D eigenvalue weighted by Crippen LogP contribution is -2.51. The number of esters is 1. The molecule has 0 amide bonds. The molecule has 0 heterocycles. The molecule has 1 N–H and O–H groups in total. The molecule has 9 atom stereocenters. The predicted octanol–water partition coefficient (Wildman–Crippen LogP) is 12.7. The largest absolute Gasteiger partial charge is 0.462 e. The van der Waals surface area contributed by atoms with Crippen LogP contribution in [0.3, 0.4) is 0 Å². The molecule has 0 radical (unpaired) electrons. The van der Waals surface area contributed by atoms with Crippen molar-refractivity contribution in [3.05, 3.63) is 36.0 Å². The fourth-order valence-corrected chi connectivity index (χ4v) is 11.1. The number of unbranched alkanes of at least 4 members (excludes halogenated alkanes) is 7. The van der Waals surface area contributed by atoms with Crippen LogP contribution in [0.1, 0.15) is 183 Å². The molecule has 0 saturated heterocycles. The average molecular weight is 665 g/mol. The van der Waals surface area contributed by atoms with Gasteiger partial charge in [0.2, 0.25) is 0 Å². The van der Waals surface area contributed by atoms with Crippen LogP contribution in [-0.2, 0) is 9.53 Å². The Labute approximate surface area is 297 Å². The molecule has 0 aromatic carbocycles. The zero-order valence-electron chi connectivity index (χ0n) is 32.3. The van der Waals surface area contributed by atoms with Crippen LogP contribution in [0.4, 0.5) is 0 Å². The summed E-state index contributed by atoms with van der Waals surface area (Å²) >= 11 is 0. The van der Waals surface area contributed by atoms with Gasteiger partial charge in [-0.2, -0.15) is 0 Å². The van der Waals surface area contributed by atoms with Gasteiger partial charge in [0.1, 0.15) is 6.10 Å². The van der Waals surface area contributed by atoms with Gasteiger partial charge in [0, 0.05) is 12.8 Å². The monoisotopic (exact) mass is 665 g/mol. The maximum absolute atomic E-state index is 12.8. The molecule has 274 valence electrons. The number of ether oxygens (including phenoxy) is 1. The zero-order valence-corrected chi connectivity index (χ0v) is 32.3. The second kappa shape index (κ2) is 19.3. The third-order valence-electron chi connectivity index (χ3n) is 14.0. The average Bonchev–Trinajstić information content (AvgIpc) is 3.41. The van der Waals surface area contributed by atoms with Crippen molar-refractivity contribution < 1.29 is 14.6 Å². The van der Waals surface area contributed by atoms with Gasteiger partial charge < -0.3 is 9.84 Å². The first-order valence-electron chi connectivity index (χ1n) is 21.0. The van der Waals surface area contributed by atoms with E-state index in [1.165, 1.54) is 89.9 Å². The van der Waals surface area contributed by atoms with Crippen molar-refractivity contribution in [2.75, 3.05) is 0 Å². The summed E-state index contributed by atoms with van der Waals surface area (Å²) in [5.74, 6) is 5.22. The topological polar surface area (TPSA) is 46.5 Å². The van der Waals surface area contributed by atoms with E-state index in [2.05, 4.69) is 59.8 Å². The minimum absolute atomic E-state index is 0.0254. The minimum atomic E-state index is -0.310. The third kappa shape index (κ3) is 10.6. The minimum Gasteiger partial charge on any atom is -0.462 e. The fourth-order valence-electron chi connectivity index (χ4n) is 11.1. The second-order valence-electron chi connectivity index (χ2n) is 17.8. The van der Waals surface area contributed by atoms with Crippen LogP contribution in [0.2, 0.25) is 0 Å². The Hall–Kier alpha value is -1.35. The van der Waals surface area contributed by atoms with Crippen molar-refractivity contribution >= 4 is 5.97 Å². The van der Waals surface area contributed by atoms with Gasteiger partial charge in [-0.25, -0.2) is 0 Å². The quantitative estimate of drug-likeness (QED) is 0.0610. The highest BCUT2D eigenvalue weighted by molar-refractivity contribution is 5.69. The Kier molecular flexibility index (Phi) is 15.9. The first kappa shape index (κ1) is 39.4. The molecule has 3 heteroatoms. The van der Waals surface area contributed by atoms with Crippen LogP contribution in [0.25, 0.3) is 0 Å². The number of carbonyl (C=O) groups is 1. The van der Waals surface area contributed by atoms with Crippen molar-refractivity contribution in [2.45, 2.75) is 195 Å². The Morgan fingerprint density at radius 2 is 1.69 bits per heavy atom. The highest BCUT2D eigenvalue weighted by atomic mass is 16.5. The Morgan fingerprint density at radius 3 is 2.48 bits per heavy atom. The van der Waals surface area contributed by atoms with Crippen LogP contribution >= 0.6 is 0 Å². The van der Waals surface area contributed by atoms with Gasteiger partial charge in [-0.1, -0.05) is 135 Å². The van der Waals surface area contributed by atoms with Crippen LogP contribution in [0.5, 0.6) is 0 Å². The molecular weight excluding hydrogens is 588 g/mol. The number of hydrogen-bond acceptors (Lipinski definition) is 3. The van der Waals surface area contributed by atoms with E-state index in [1.807, 2.05) is 12.2 Å². The van der Waals surface area contributed by atoms with Crippen LogP contribution in [-0.4, -0.2) is 23.3 Å². The van der Waals surface area contributed by atoms with E-state index in [4.69, 9.17) is 4.74 Å². The van der Waals surface area contributed by atoms with Gasteiger partial charge in [0.15, 0.2) is 0 Å². The van der Waals surface area contributed by atoms with Crippen molar-refractivity contribution in [3.63, 3.8) is 0 Å². The molecule has 0 bridgehead atoms. The Balaban J connectivity index is 1.13. The van der Waals surface area contributed by atoms with E-state index in [0.29, 0.717) is 17.3 Å². The summed E-state index contributed by atoms with van der Waals surface area (Å²) in [6.45, 7) is 14.8. The van der Waals surface area contributed by atoms with Crippen molar-refractivity contribution in [1.29, 1.82) is 0 Å². The van der Waals surface area contributed by atoms with Gasteiger partial charge >= 0.3 is 5.97 Å². The van der Waals surface area contributed by atoms with E-state index in [9.17, 15) is 9.90 Å². The summed E-state index contributed by atoms with van der Waals surface area (Å²) in [6, 6.07) is 0. The molecule has 4 aliphatic rings. The summed E-state index contributed by atoms with van der Waals surface area (Å²) in [5.41, 5.74) is 2.48. The molecule has 48 heavy (non-hydrogen) atoms. The van der Waals surface area contributed by atoms with Gasteiger partial charge in [-0.05, 0) is 117 Å². The number of aliphatic hydroxyl groups excluding tert-OH is 1. The Bertz CT molecular complexity index is 1050. The van der Waals surface area contributed by atoms with Gasteiger partial charge in [-0.15, -0.1) is 0 Å². The first-order valence-corrected chi connectivity index (χ1v) is 21.0. The van der Waals surface area contributed by atoms with Crippen molar-refractivity contribution in [3.8, 4) is 0 Å². The Morgan fingerprint density at radius 1 is 0.896 bits per heavy atom. The summed E-state index contributed by atoms with van der Waals surface area (Å²) in [6.07, 6.45) is 36.6. The van der Waals surface area contributed by atoms with Crippen molar-refractivity contribution in [1.82, 2.24) is 0 Å². The van der Waals surface area contributed by atoms with Gasteiger partial charge in [-0.3, -0.25) is 4.79 Å². The number of hydrogen-bond donors (Lipinski definition) is 1. The maximum atomic E-state index is 12.8. The normalized spacial score (nSPS) is 33.0. The van der Waals surface area contributed by atoms with E-state index >= 15 is 0 Å². The second-order valence-corrected chi connectivity index (χ2v) is 17.8. The molecule has 7 unspecified atom stereocenters. The molecule has 3 saturated carbocycles. The zero-order chi connectivity index (χ0) is 34.6. The van der Waals surface area contributed by atoms with E-state index in [-0.39, 0.29) is 18.2 Å². The fraction of sp³-hybridized carbons (Fsp3) is 0.844. The summed E-state index contributed by atoms with van der Waals surface area (Å²) in [4.78, 5) is 12.8. The van der Waals surface area contributed by atoms with E-state index in [1.54, 1.807) is 5.57 Å². The van der Waals surface area contributed by atoms with Crippen LogP contribution < -0.4 is 0 Å². The standard InChI is InChI=1S/C45H76O3/c1-7-8-16-22-37(46)23-17-14-12-10-9-11-13-15-18-24-43(47)48-38-29-31-44(5)36(33-38)25-26-39-41-28-27-40(35(4)21-19-20-34(2)3)45(41,6)32-30-42(39)44/h12,14,17,23,25,34-35,37-42,46H,7-11,13,15-16,18-22,24,26-33H2,1-6H3/t35?,37?,38?,39?,40?,41?,42?,44-,45+/m0/s1. The summed E-state index contributed by atoms with van der Waals surface area (Å²) in [7, 11) is 0. The highest BCUT2D eigenvalue weighted by Crippen LogP contribution is 2.67. The highest BCUT2D eigenvalue weighted by Gasteiger charge is 2.59. The molecule has 4 rings (SSSR count). The van der Waals surface area contributed by atoms with Gasteiger partial charge in [0.25, 0.3) is 0 Å². The lowest BCUT2D eigenvalue weighted by molar-refractivity contribution is -0.151. The predicted molar refractivity (Wildman–Crippen MR) is 204 cm³/mol. The maximum Gasteiger partial charge on any atom is 0.306 e. The molecule has 4 aliphatic carbocycles. The van der Waals surface area contributed by atoms with E-state index < -0.39 is 0 Å². The number of fused-ring (bicyclic) bond motifs is 5. The molecule has 3 fully saturated rings. The van der Waals surface area contributed by atoms with Gasteiger partial charge in [0.05, 0.1) is 6.10 Å². The smallest absolute Gasteiger partial charge is 0.306 e. The summed E-state index contributed by atoms with van der Waals surface area (Å²) in [5, 5.41) is 9.95. The number of allylic oxidation sites excluding steroid dienone is 4. The van der Waals surface area contributed by atoms with Crippen molar-refractivity contribution in [2.24, 2.45) is 46.3 Å². The number of carbonyl (C=O) groups excluding carboxylic acids is 1. The molecule has 0 spiro atoms. The van der Waals surface area contributed by atoms with E-state index in [0.717, 1.165) is 80.5 Å². The molecule has 0 aromatic rings. The first-order chi connectivity index (χ1) is 23.1. The SMILES string of the molecule is CCCCCC(O)C=CC=CCCCCCCCC(=O)OC1CC[C@@]2(C)C(=CCC3C4CCC(C(C)CCCC(C)C)[C@@]4(C)CCC32)C1. The lowest BCUT2D eigenvalue weighted by atomic mass is 9.47. The number of rotatable bonds is 20. The number of aliphatic hydroxyl groups is 1.